The van der Waals surface area contributed by atoms with Crippen molar-refractivity contribution in [3.63, 3.8) is 0 Å². The van der Waals surface area contributed by atoms with Gasteiger partial charge in [-0.05, 0) is 56.3 Å². The van der Waals surface area contributed by atoms with Crippen LogP contribution < -0.4 is 20.4 Å². The molecule has 0 aliphatic carbocycles. The number of nitrogens with zero attached hydrogens (tertiary/aromatic N) is 9. The fourth-order valence-corrected chi connectivity index (χ4v) is 5.42. The maximum Gasteiger partial charge on any atom is 0.255 e. The Morgan fingerprint density at radius 1 is 1.11 bits per heavy atom. The number of aromatic nitrogens is 8. The lowest BCUT2D eigenvalue weighted by Crippen LogP contribution is -2.54. The van der Waals surface area contributed by atoms with Gasteiger partial charge >= 0.3 is 0 Å². The topological polar surface area (TPSA) is 146 Å². The molecular weight excluding hydrogens is 484 g/mol. The predicted molar refractivity (Wildman–Crippen MR) is 144 cm³/mol. The first-order valence-electron chi connectivity index (χ1n) is 12.7. The summed E-state index contributed by atoms with van der Waals surface area (Å²) in [5, 5.41) is 27.0. The van der Waals surface area contributed by atoms with E-state index in [1.165, 1.54) is 0 Å². The van der Waals surface area contributed by atoms with Crippen molar-refractivity contribution in [3.05, 3.63) is 41.9 Å². The number of amides is 1. The molecule has 0 bridgehead atoms. The van der Waals surface area contributed by atoms with Crippen LogP contribution >= 0.6 is 0 Å². The molecule has 3 atom stereocenters. The van der Waals surface area contributed by atoms with E-state index in [9.17, 15) is 4.79 Å². The first-order valence-corrected chi connectivity index (χ1v) is 12.7. The summed E-state index contributed by atoms with van der Waals surface area (Å²) in [6, 6.07) is 8.08. The quantitative estimate of drug-likeness (QED) is 0.370. The maximum atomic E-state index is 13.4. The molecule has 0 spiro atoms. The van der Waals surface area contributed by atoms with E-state index in [1.807, 2.05) is 50.1 Å². The van der Waals surface area contributed by atoms with Crippen LogP contribution in [-0.2, 0) is 4.79 Å². The van der Waals surface area contributed by atoms with Gasteiger partial charge in [0.05, 0.1) is 22.8 Å². The van der Waals surface area contributed by atoms with Crippen molar-refractivity contribution in [3.8, 4) is 11.4 Å². The fraction of sp³-hybridized carbons (Fsp3) is 0.400. The molecule has 4 aromatic rings. The minimum absolute atomic E-state index is 0.210. The monoisotopic (exact) mass is 514 g/mol. The highest BCUT2D eigenvalue weighted by atomic mass is 16.1. The van der Waals surface area contributed by atoms with Crippen LogP contribution in [0.3, 0.4) is 0 Å². The second kappa shape index (κ2) is 9.17. The summed E-state index contributed by atoms with van der Waals surface area (Å²) in [6.07, 6.45) is 1.58. The molecule has 6 rings (SSSR count). The summed E-state index contributed by atoms with van der Waals surface area (Å²) in [5.74, 6) is 1.26. The molecule has 38 heavy (non-hydrogen) atoms. The molecule has 2 aliphatic heterocycles. The lowest BCUT2D eigenvalue weighted by Gasteiger charge is -2.36. The molecule has 3 N–H and O–H groups in total. The highest BCUT2D eigenvalue weighted by molar-refractivity contribution is 6.07. The highest BCUT2D eigenvalue weighted by Crippen LogP contribution is 2.33. The third-order valence-electron chi connectivity index (χ3n) is 7.30. The van der Waals surface area contributed by atoms with Crippen LogP contribution in [0, 0.1) is 0 Å². The normalized spacial score (nSPS) is 21.7. The predicted octanol–water partition coefficient (Wildman–Crippen LogP) is 2.12. The number of fused-ring (bicyclic) bond motifs is 2. The van der Waals surface area contributed by atoms with Crippen molar-refractivity contribution in [2.45, 2.75) is 45.8 Å². The van der Waals surface area contributed by atoms with Crippen molar-refractivity contribution < 1.29 is 4.79 Å². The fourth-order valence-electron chi connectivity index (χ4n) is 5.42. The van der Waals surface area contributed by atoms with Gasteiger partial charge in [-0.15, -0.1) is 0 Å². The summed E-state index contributed by atoms with van der Waals surface area (Å²) in [5.41, 5.74) is 4.32. The number of hydrogen-bond donors (Lipinski definition) is 3. The van der Waals surface area contributed by atoms with Crippen molar-refractivity contribution >= 4 is 34.3 Å². The summed E-state index contributed by atoms with van der Waals surface area (Å²) < 4.78 is 1.64. The van der Waals surface area contributed by atoms with Crippen LogP contribution in [0.15, 0.2) is 41.9 Å². The van der Waals surface area contributed by atoms with E-state index >= 15 is 0 Å². The third-order valence-corrected chi connectivity index (χ3v) is 7.30. The molecule has 13 nitrogen and oxygen atoms in total. The average molecular weight is 515 g/mol. The zero-order valence-electron chi connectivity index (χ0n) is 22.0. The Hall–Kier alpha value is -4.39. The van der Waals surface area contributed by atoms with Gasteiger partial charge in [0.2, 0.25) is 5.95 Å². The van der Waals surface area contributed by atoms with E-state index in [-0.39, 0.29) is 11.9 Å². The van der Waals surface area contributed by atoms with Gasteiger partial charge in [0.1, 0.15) is 17.8 Å². The minimum atomic E-state index is -0.306. The largest absolute Gasteiger partial charge is 0.353 e. The van der Waals surface area contributed by atoms with E-state index in [1.54, 1.807) is 11.0 Å². The number of rotatable bonds is 4. The van der Waals surface area contributed by atoms with Crippen molar-refractivity contribution in [1.82, 2.24) is 45.7 Å². The Balaban J connectivity index is 1.29. The minimum Gasteiger partial charge on any atom is -0.353 e. The summed E-state index contributed by atoms with van der Waals surface area (Å²) in [6.45, 7) is 9.89. The van der Waals surface area contributed by atoms with Crippen molar-refractivity contribution in [2.75, 3.05) is 35.3 Å². The van der Waals surface area contributed by atoms with Crippen LogP contribution in [0.25, 0.3) is 22.3 Å². The maximum absolute atomic E-state index is 13.4. The zero-order valence-corrected chi connectivity index (χ0v) is 22.0. The molecule has 1 aromatic carbocycles. The molecule has 1 fully saturated rings. The second-order valence-electron chi connectivity index (χ2n) is 10.1. The molecule has 3 aromatic heterocycles. The number of aromatic amines is 1. The average Bonchev–Trinajstić information content (AvgIpc) is 3.55. The number of carbonyl (C=O) groups is 1. The number of benzene rings is 1. The zero-order chi connectivity index (χ0) is 26.6. The van der Waals surface area contributed by atoms with E-state index in [2.05, 4.69) is 65.1 Å². The summed E-state index contributed by atoms with van der Waals surface area (Å²) in [4.78, 5) is 26.6. The summed E-state index contributed by atoms with van der Waals surface area (Å²) in [7, 11) is 1.85. The third kappa shape index (κ3) is 4.04. The van der Waals surface area contributed by atoms with E-state index in [0.29, 0.717) is 35.0 Å². The molecule has 1 amide bonds. The number of piperazine rings is 1. The summed E-state index contributed by atoms with van der Waals surface area (Å²) >= 11 is 0. The van der Waals surface area contributed by atoms with Crippen molar-refractivity contribution in [2.24, 2.45) is 0 Å². The molecule has 5 heterocycles. The lowest BCUT2D eigenvalue weighted by atomic mass is 10.0. The molecule has 0 unspecified atom stereocenters. The molecule has 196 valence electrons. The van der Waals surface area contributed by atoms with E-state index < -0.39 is 0 Å². The molecule has 1 saturated heterocycles. The number of H-pyrrole nitrogens is 1. The Morgan fingerprint density at radius 3 is 2.68 bits per heavy atom. The first-order chi connectivity index (χ1) is 18.3. The number of tetrazole rings is 1. The number of hydrogen-bond acceptors (Lipinski definition) is 10. The Bertz CT molecular complexity index is 1540. The van der Waals surface area contributed by atoms with Gasteiger partial charge in [0, 0.05) is 55.1 Å². The van der Waals surface area contributed by atoms with Gasteiger partial charge in [0.15, 0.2) is 0 Å². The van der Waals surface area contributed by atoms with Gasteiger partial charge in [-0.3, -0.25) is 9.89 Å². The number of nitrogens with one attached hydrogen (secondary N) is 3. The molecule has 13 heteroatoms. The van der Waals surface area contributed by atoms with Gasteiger partial charge in [-0.1, -0.05) is 5.10 Å². The van der Waals surface area contributed by atoms with Gasteiger partial charge in [0.25, 0.3) is 5.91 Å². The van der Waals surface area contributed by atoms with Gasteiger partial charge in [-0.2, -0.15) is 5.10 Å². The standard InChI is InChI=1S/C25H30N12O/c1-13-10-36(11-14(2)28-13)21-9-20(26-12-27-21)23-18-8-17(6-7-19(18)30-31-23)29-24(38)22-15(3)35(5)25-32-33-34-37(25)16(22)4/h6-9,12-14,16,28H,10-11H2,1-5H3,(H,29,38)(H,30,31)/t13-,14+,16-/m1/s1. The lowest BCUT2D eigenvalue weighted by molar-refractivity contribution is -0.113. The van der Waals surface area contributed by atoms with E-state index in [0.717, 1.165) is 41.2 Å². The Kier molecular flexibility index (Phi) is 5.79. The Morgan fingerprint density at radius 2 is 1.89 bits per heavy atom. The highest BCUT2D eigenvalue weighted by Gasteiger charge is 2.32. The van der Waals surface area contributed by atoms with Crippen molar-refractivity contribution in [1.29, 1.82) is 0 Å². The van der Waals surface area contributed by atoms with Crippen LogP contribution in [0.4, 0.5) is 17.5 Å². The number of allylic oxidation sites excluding steroid dienone is 1. The SMILES string of the molecule is CC1=C(C(=O)Nc2ccc3[nH]nc(-c4cc(N5C[C@@H](C)N[C@@H](C)C5)ncn4)c3c2)[C@@H](C)n2nnnc2N1C. The molecule has 2 aliphatic rings. The molecular formula is C25H30N12O. The van der Waals surface area contributed by atoms with Gasteiger partial charge in [-0.25, -0.2) is 14.6 Å². The molecule has 0 saturated carbocycles. The van der Waals surface area contributed by atoms with E-state index in [4.69, 9.17) is 0 Å². The second-order valence-corrected chi connectivity index (χ2v) is 10.1. The number of carbonyl (C=O) groups excluding carboxylic acids is 1. The number of anilines is 3. The van der Waals surface area contributed by atoms with Crippen LogP contribution in [0.5, 0.6) is 0 Å². The smallest absolute Gasteiger partial charge is 0.255 e. The van der Waals surface area contributed by atoms with Crippen LogP contribution in [0.1, 0.15) is 33.7 Å². The van der Waals surface area contributed by atoms with Crippen LogP contribution in [-0.4, -0.2) is 78.5 Å². The first kappa shape index (κ1) is 24.0. The Labute approximate surface area is 219 Å². The van der Waals surface area contributed by atoms with Gasteiger partial charge < -0.3 is 20.4 Å². The molecule has 0 radical (unpaired) electrons. The van der Waals surface area contributed by atoms with Crippen LogP contribution in [0.2, 0.25) is 0 Å².